The number of aliphatic hydroxyl groups excluding tert-OH is 1. The molecule has 2 aromatic carbocycles. The highest BCUT2D eigenvalue weighted by Crippen LogP contribution is 2.04. The topological polar surface area (TPSA) is 49.3 Å². The predicted molar refractivity (Wildman–Crippen MR) is 79.8 cm³/mol. The Kier molecular flexibility index (Phi) is 5.47. The predicted octanol–water partition coefficient (Wildman–Crippen LogP) is 2.06. The fourth-order valence-electron chi connectivity index (χ4n) is 2.06. The van der Waals surface area contributed by atoms with E-state index < -0.39 is 0 Å². The average molecular weight is 269 g/mol. The summed E-state index contributed by atoms with van der Waals surface area (Å²) in [6, 6.07) is 19.0. The highest BCUT2D eigenvalue weighted by Gasteiger charge is 2.11. The summed E-state index contributed by atoms with van der Waals surface area (Å²) in [5.74, 6) is 0.0390. The van der Waals surface area contributed by atoms with Crippen molar-refractivity contribution < 1.29 is 9.90 Å². The monoisotopic (exact) mass is 269 g/mol. The molecule has 0 unspecified atom stereocenters. The number of hydrogen-bond acceptors (Lipinski definition) is 3. The summed E-state index contributed by atoms with van der Waals surface area (Å²) < 4.78 is 0. The number of nitrogens with one attached hydrogen (secondary N) is 1. The summed E-state index contributed by atoms with van der Waals surface area (Å²) in [6.45, 7) is 0.249. The van der Waals surface area contributed by atoms with Gasteiger partial charge < -0.3 is 10.4 Å². The smallest absolute Gasteiger partial charge is 0.176 e. The SMILES string of the molecule is O=C(CN[C@@H](CO)Cc1ccccc1)c1ccccc1. The van der Waals surface area contributed by atoms with Gasteiger partial charge in [-0.3, -0.25) is 4.79 Å². The molecule has 0 spiro atoms. The first kappa shape index (κ1) is 14.4. The van der Waals surface area contributed by atoms with Crippen LogP contribution >= 0.6 is 0 Å². The summed E-state index contributed by atoms with van der Waals surface area (Å²) in [6.07, 6.45) is 0.708. The molecule has 20 heavy (non-hydrogen) atoms. The lowest BCUT2D eigenvalue weighted by Gasteiger charge is -2.15. The molecule has 1 atom stereocenters. The van der Waals surface area contributed by atoms with Crippen molar-refractivity contribution in [1.29, 1.82) is 0 Å². The van der Waals surface area contributed by atoms with Crippen LogP contribution in [0.15, 0.2) is 60.7 Å². The molecule has 104 valence electrons. The fourth-order valence-corrected chi connectivity index (χ4v) is 2.06. The van der Waals surface area contributed by atoms with Crippen LogP contribution in [0, 0.1) is 0 Å². The third kappa shape index (κ3) is 4.30. The van der Waals surface area contributed by atoms with E-state index in [0.29, 0.717) is 12.0 Å². The maximum atomic E-state index is 12.0. The van der Waals surface area contributed by atoms with E-state index >= 15 is 0 Å². The van der Waals surface area contributed by atoms with Crippen LogP contribution in [0.1, 0.15) is 15.9 Å². The van der Waals surface area contributed by atoms with E-state index in [-0.39, 0.29) is 25.0 Å². The van der Waals surface area contributed by atoms with Gasteiger partial charge in [0.25, 0.3) is 0 Å². The zero-order chi connectivity index (χ0) is 14.2. The minimum Gasteiger partial charge on any atom is -0.395 e. The van der Waals surface area contributed by atoms with Crippen LogP contribution in [-0.4, -0.2) is 30.1 Å². The molecule has 2 N–H and O–H groups in total. The summed E-state index contributed by atoms with van der Waals surface area (Å²) in [5, 5.41) is 12.5. The molecule has 0 heterocycles. The van der Waals surface area contributed by atoms with Gasteiger partial charge in [-0.2, -0.15) is 0 Å². The van der Waals surface area contributed by atoms with Crippen LogP contribution in [0.3, 0.4) is 0 Å². The molecule has 0 aliphatic heterocycles. The number of benzene rings is 2. The van der Waals surface area contributed by atoms with Crippen LogP contribution in [0.4, 0.5) is 0 Å². The fraction of sp³-hybridized carbons (Fsp3) is 0.235. The van der Waals surface area contributed by atoms with Gasteiger partial charge in [-0.1, -0.05) is 60.7 Å². The van der Waals surface area contributed by atoms with Crippen LogP contribution in [0.25, 0.3) is 0 Å². The molecule has 3 nitrogen and oxygen atoms in total. The van der Waals surface area contributed by atoms with Crippen molar-refractivity contribution in [2.45, 2.75) is 12.5 Å². The Hall–Kier alpha value is -1.97. The van der Waals surface area contributed by atoms with Crippen LogP contribution in [-0.2, 0) is 6.42 Å². The van der Waals surface area contributed by atoms with Gasteiger partial charge in [-0.15, -0.1) is 0 Å². The summed E-state index contributed by atoms with van der Waals surface area (Å²) in [5.41, 5.74) is 1.84. The minimum atomic E-state index is -0.106. The molecule has 0 saturated heterocycles. The molecular formula is C17H19NO2. The van der Waals surface area contributed by atoms with E-state index in [9.17, 15) is 9.90 Å². The highest BCUT2D eigenvalue weighted by atomic mass is 16.3. The Morgan fingerprint density at radius 2 is 1.60 bits per heavy atom. The largest absolute Gasteiger partial charge is 0.395 e. The number of rotatable bonds is 7. The Balaban J connectivity index is 1.86. The quantitative estimate of drug-likeness (QED) is 0.756. The van der Waals surface area contributed by atoms with Crippen molar-refractivity contribution >= 4 is 5.78 Å². The van der Waals surface area contributed by atoms with E-state index in [1.54, 1.807) is 12.1 Å². The molecule has 0 aromatic heterocycles. The van der Waals surface area contributed by atoms with Gasteiger partial charge in [-0.25, -0.2) is 0 Å². The van der Waals surface area contributed by atoms with Crippen LogP contribution in [0.5, 0.6) is 0 Å². The third-order valence-electron chi connectivity index (χ3n) is 3.19. The maximum Gasteiger partial charge on any atom is 0.176 e. The molecule has 0 aliphatic carbocycles. The highest BCUT2D eigenvalue weighted by molar-refractivity contribution is 5.97. The van der Waals surface area contributed by atoms with Crippen molar-refractivity contribution in [3.63, 3.8) is 0 Å². The molecular weight excluding hydrogens is 250 g/mol. The van der Waals surface area contributed by atoms with E-state index in [2.05, 4.69) is 5.32 Å². The van der Waals surface area contributed by atoms with Gasteiger partial charge >= 0.3 is 0 Å². The molecule has 0 bridgehead atoms. The molecule has 3 heteroatoms. The van der Waals surface area contributed by atoms with E-state index in [1.165, 1.54) is 0 Å². The Morgan fingerprint density at radius 1 is 1.00 bits per heavy atom. The second-order valence-electron chi connectivity index (χ2n) is 4.74. The standard InChI is InChI=1S/C17H19NO2/c19-13-16(11-14-7-3-1-4-8-14)18-12-17(20)15-9-5-2-6-10-15/h1-10,16,18-19H,11-13H2/t16-/m1/s1. The van der Waals surface area contributed by atoms with Gasteiger partial charge in [0, 0.05) is 11.6 Å². The Bertz CT molecular complexity index is 525. The minimum absolute atomic E-state index is 0.0109. The Labute approximate surface area is 119 Å². The molecule has 0 fully saturated rings. The van der Waals surface area contributed by atoms with Crippen molar-refractivity contribution in [1.82, 2.24) is 5.32 Å². The van der Waals surface area contributed by atoms with Gasteiger partial charge in [0.05, 0.1) is 13.2 Å². The van der Waals surface area contributed by atoms with Gasteiger partial charge in [0.2, 0.25) is 0 Å². The molecule has 2 aromatic rings. The molecule has 0 radical (unpaired) electrons. The van der Waals surface area contributed by atoms with E-state index in [0.717, 1.165) is 5.56 Å². The Morgan fingerprint density at radius 3 is 2.20 bits per heavy atom. The lowest BCUT2D eigenvalue weighted by atomic mass is 10.1. The number of carbonyl (C=O) groups is 1. The second-order valence-corrected chi connectivity index (χ2v) is 4.74. The number of hydrogen-bond donors (Lipinski definition) is 2. The zero-order valence-electron chi connectivity index (χ0n) is 11.3. The van der Waals surface area contributed by atoms with Crippen molar-refractivity contribution in [2.75, 3.05) is 13.2 Å². The van der Waals surface area contributed by atoms with Crippen molar-refractivity contribution in [3.05, 3.63) is 71.8 Å². The molecule has 0 aliphatic rings. The normalized spacial score (nSPS) is 12.1. The number of carbonyl (C=O) groups excluding carboxylic acids is 1. The average Bonchev–Trinajstić information content (AvgIpc) is 2.53. The third-order valence-corrected chi connectivity index (χ3v) is 3.19. The van der Waals surface area contributed by atoms with Gasteiger partial charge in [0.15, 0.2) is 5.78 Å². The first-order chi connectivity index (χ1) is 9.79. The number of aliphatic hydroxyl groups is 1. The van der Waals surface area contributed by atoms with Gasteiger partial charge in [-0.05, 0) is 12.0 Å². The van der Waals surface area contributed by atoms with Crippen LogP contribution < -0.4 is 5.32 Å². The van der Waals surface area contributed by atoms with Gasteiger partial charge in [0.1, 0.15) is 0 Å². The summed E-state index contributed by atoms with van der Waals surface area (Å²) in [7, 11) is 0. The summed E-state index contributed by atoms with van der Waals surface area (Å²) >= 11 is 0. The van der Waals surface area contributed by atoms with Crippen molar-refractivity contribution in [2.24, 2.45) is 0 Å². The molecule has 2 rings (SSSR count). The van der Waals surface area contributed by atoms with Crippen LogP contribution in [0.2, 0.25) is 0 Å². The zero-order valence-corrected chi connectivity index (χ0v) is 11.3. The molecule has 0 saturated carbocycles. The summed E-state index contributed by atoms with van der Waals surface area (Å²) in [4.78, 5) is 12.0. The lowest BCUT2D eigenvalue weighted by Crippen LogP contribution is -2.38. The first-order valence-electron chi connectivity index (χ1n) is 6.76. The number of Topliss-reactive ketones (excluding diaryl/α,β-unsaturated/α-hetero) is 1. The first-order valence-corrected chi connectivity index (χ1v) is 6.76. The van der Waals surface area contributed by atoms with E-state index in [4.69, 9.17) is 0 Å². The van der Waals surface area contributed by atoms with E-state index in [1.807, 2.05) is 48.5 Å². The van der Waals surface area contributed by atoms with Crippen molar-refractivity contribution in [3.8, 4) is 0 Å². The maximum absolute atomic E-state index is 12.0. The lowest BCUT2D eigenvalue weighted by molar-refractivity contribution is 0.0982. The second kappa shape index (κ2) is 7.58. The number of ketones is 1. The molecule has 0 amide bonds.